The maximum atomic E-state index is 12.8. The molecule has 1 aliphatic heterocycles. The lowest BCUT2D eigenvalue weighted by atomic mass is 9.97. The monoisotopic (exact) mass is 448 g/mol. The zero-order valence-electron chi connectivity index (χ0n) is 17.1. The minimum Gasteiger partial charge on any atom is -0.497 e. The third-order valence-corrected chi connectivity index (χ3v) is 8.12. The number of carbonyl (C=O) groups is 1. The number of hydrogen-bond acceptors (Lipinski definition) is 5. The van der Waals surface area contributed by atoms with E-state index in [1.54, 1.807) is 43.1 Å². The average Bonchev–Trinajstić information content (AvgIpc) is 2.79. The van der Waals surface area contributed by atoms with Crippen LogP contribution in [0, 0.1) is 5.92 Å². The first-order valence-electron chi connectivity index (χ1n) is 10.0. The lowest BCUT2D eigenvalue weighted by Crippen LogP contribution is -2.43. The lowest BCUT2D eigenvalue weighted by molar-refractivity contribution is -0.125. The van der Waals surface area contributed by atoms with Crippen LogP contribution in [0.25, 0.3) is 0 Å². The van der Waals surface area contributed by atoms with E-state index in [9.17, 15) is 13.2 Å². The van der Waals surface area contributed by atoms with Crippen LogP contribution in [0.1, 0.15) is 18.4 Å². The predicted molar refractivity (Wildman–Crippen MR) is 120 cm³/mol. The van der Waals surface area contributed by atoms with Crippen LogP contribution in [-0.4, -0.2) is 51.1 Å². The molecule has 0 aromatic heterocycles. The molecule has 0 radical (unpaired) electrons. The summed E-state index contributed by atoms with van der Waals surface area (Å²) >= 11 is 1.79. The molecular weight excluding hydrogens is 420 g/mol. The second-order valence-electron chi connectivity index (χ2n) is 7.18. The Morgan fingerprint density at radius 1 is 1.10 bits per heavy atom. The highest BCUT2D eigenvalue weighted by atomic mass is 32.2. The van der Waals surface area contributed by atoms with E-state index in [4.69, 9.17) is 4.74 Å². The highest BCUT2D eigenvalue weighted by Crippen LogP contribution is 2.25. The van der Waals surface area contributed by atoms with Gasteiger partial charge in [0.1, 0.15) is 5.75 Å². The van der Waals surface area contributed by atoms with Crippen molar-refractivity contribution < 1.29 is 17.9 Å². The third kappa shape index (κ3) is 6.00. The third-order valence-electron chi connectivity index (χ3n) is 5.18. The van der Waals surface area contributed by atoms with Gasteiger partial charge in [0, 0.05) is 37.1 Å². The molecular formula is C22H28N2O4S2. The Labute approximate surface area is 183 Å². The molecule has 0 bridgehead atoms. The zero-order chi connectivity index (χ0) is 21.4. The van der Waals surface area contributed by atoms with E-state index < -0.39 is 10.0 Å². The van der Waals surface area contributed by atoms with Crippen molar-refractivity contribution in [2.24, 2.45) is 5.92 Å². The molecule has 0 atom stereocenters. The summed E-state index contributed by atoms with van der Waals surface area (Å²) in [4.78, 5) is 12.7. The number of carbonyl (C=O) groups excluding carboxylic acids is 1. The molecule has 1 heterocycles. The van der Waals surface area contributed by atoms with Gasteiger partial charge in [-0.25, -0.2) is 8.42 Å². The van der Waals surface area contributed by atoms with Gasteiger partial charge in [-0.3, -0.25) is 4.79 Å². The predicted octanol–water partition coefficient (Wildman–Crippen LogP) is 3.15. The van der Waals surface area contributed by atoms with Crippen LogP contribution in [0.4, 0.5) is 0 Å². The number of hydrogen-bond donors (Lipinski definition) is 1. The SMILES string of the molecule is COc1ccc(S(=O)(=O)N2CCC(C(=O)NCCSCc3ccccc3)CC2)cc1. The van der Waals surface area contributed by atoms with Gasteiger partial charge in [0.05, 0.1) is 12.0 Å². The fourth-order valence-corrected chi connectivity index (χ4v) is 5.70. The Kier molecular flexibility index (Phi) is 8.18. The summed E-state index contributed by atoms with van der Waals surface area (Å²) in [7, 11) is -2.00. The van der Waals surface area contributed by atoms with Crippen molar-refractivity contribution in [1.29, 1.82) is 0 Å². The van der Waals surface area contributed by atoms with Crippen LogP contribution >= 0.6 is 11.8 Å². The number of benzene rings is 2. The first-order valence-corrected chi connectivity index (χ1v) is 12.6. The Morgan fingerprint density at radius 3 is 2.40 bits per heavy atom. The minimum atomic E-state index is -3.54. The van der Waals surface area contributed by atoms with E-state index in [1.165, 1.54) is 9.87 Å². The molecule has 1 aliphatic rings. The number of rotatable bonds is 9. The van der Waals surface area contributed by atoms with Crippen LogP contribution in [0.15, 0.2) is 59.5 Å². The van der Waals surface area contributed by atoms with Gasteiger partial charge in [0.2, 0.25) is 15.9 Å². The lowest BCUT2D eigenvalue weighted by Gasteiger charge is -2.30. The normalized spacial score (nSPS) is 15.6. The molecule has 8 heteroatoms. The van der Waals surface area contributed by atoms with E-state index >= 15 is 0 Å². The molecule has 2 aromatic carbocycles. The van der Waals surface area contributed by atoms with Crippen LogP contribution in [0.3, 0.4) is 0 Å². The Hall–Kier alpha value is -2.03. The number of nitrogens with zero attached hydrogens (tertiary/aromatic N) is 1. The largest absolute Gasteiger partial charge is 0.497 e. The first-order chi connectivity index (χ1) is 14.5. The summed E-state index contributed by atoms with van der Waals surface area (Å²) in [5.74, 6) is 2.29. The van der Waals surface area contributed by atoms with Crippen molar-refractivity contribution in [2.45, 2.75) is 23.5 Å². The number of ether oxygens (including phenoxy) is 1. The second-order valence-corrected chi connectivity index (χ2v) is 10.2. The van der Waals surface area contributed by atoms with Crippen molar-refractivity contribution in [3.63, 3.8) is 0 Å². The highest BCUT2D eigenvalue weighted by Gasteiger charge is 2.31. The zero-order valence-corrected chi connectivity index (χ0v) is 18.8. The maximum Gasteiger partial charge on any atom is 0.243 e. The Balaban J connectivity index is 1.40. The number of sulfonamides is 1. The number of piperidine rings is 1. The molecule has 162 valence electrons. The van der Waals surface area contributed by atoms with Gasteiger partial charge in [0.15, 0.2) is 0 Å². The van der Waals surface area contributed by atoms with E-state index in [0.29, 0.717) is 38.2 Å². The fourth-order valence-electron chi connectivity index (χ4n) is 3.41. The van der Waals surface area contributed by atoms with Crippen molar-refractivity contribution in [3.05, 3.63) is 60.2 Å². The molecule has 1 fully saturated rings. The standard InChI is InChI=1S/C22H28N2O4S2/c1-28-20-7-9-21(10-8-20)30(26,27)24-14-11-19(12-15-24)22(25)23-13-16-29-17-18-5-3-2-4-6-18/h2-10,19H,11-17H2,1H3,(H,23,25). The summed E-state index contributed by atoms with van der Waals surface area (Å²) in [6, 6.07) is 16.6. The molecule has 30 heavy (non-hydrogen) atoms. The molecule has 6 nitrogen and oxygen atoms in total. The molecule has 1 amide bonds. The smallest absolute Gasteiger partial charge is 0.243 e. The number of nitrogens with one attached hydrogen (secondary N) is 1. The summed E-state index contributed by atoms with van der Waals surface area (Å²) in [5, 5.41) is 2.99. The molecule has 0 spiro atoms. The minimum absolute atomic E-state index is 0.0248. The van der Waals surface area contributed by atoms with E-state index in [1.807, 2.05) is 18.2 Å². The molecule has 0 unspecified atom stereocenters. The Bertz CT molecular complexity index is 910. The summed E-state index contributed by atoms with van der Waals surface area (Å²) < 4.78 is 32.2. The molecule has 0 saturated carbocycles. The number of methoxy groups -OCH3 is 1. The highest BCUT2D eigenvalue weighted by molar-refractivity contribution is 7.98. The van der Waals surface area contributed by atoms with Crippen LogP contribution in [-0.2, 0) is 20.6 Å². The topological polar surface area (TPSA) is 75.7 Å². The summed E-state index contributed by atoms with van der Waals surface area (Å²) in [6.45, 7) is 1.34. The van der Waals surface area contributed by atoms with Gasteiger partial charge in [0.25, 0.3) is 0 Å². The quantitative estimate of drug-likeness (QED) is 0.597. The van der Waals surface area contributed by atoms with Gasteiger partial charge in [-0.2, -0.15) is 16.1 Å². The first kappa shape index (κ1) is 22.7. The molecule has 0 aliphatic carbocycles. The van der Waals surface area contributed by atoms with Crippen molar-refractivity contribution in [1.82, 2.24) is 9.62 Å². The van der Waals surface area contributed by atoms with E-state index in [0.717, 1.165) is 11.5 Å². The number of thioether (sulfide) groups is 1. The number of amides is 1. The van der Waals surface area contributed by atoms with Gasteiger partial charge < -0.3 is 10.1 Å². The summed E-state index contributed by atoms with van der Waals surface area (Å²) in [5.41, 5.74) is 1.28. The van der Waals surface area contributed by atoms with Gasteiger partial charge >= 0.3 is 0 Å². The van der Waals surface area contributed by atoms with Gasteiger partial charge in [-0.15, -0.1) is 0 Å². The van der Waals surface area contributed by atoms with Crippen molar-refractivity contribution in [2.75, 3.05) is 32.5 Å². The fraction of sp³-hybridized carbons (Fsp3) is 0.409. The summed E-state index contributed by atoms with van der Waals surface area (Å²) in [6.07, 6.45) is 1.08. The van der Waals surface area contributed by atoms with E-state index in [-0.39, 0.29) is 16.7 Å². The Morgan fingerprint density at radius 2 is 1.77 bits per heavy atom. The molecule has 2 aromatic rings. The van der Waals surface area contributed by atoms with Gasteiger partial charge in [-0.05, 0) is 42.7 Å². The van der Waals surface area contributed by atoms with Crippen LogP contribution in [0.2, 0.25) is 0 Å². The van der Waals surface area contributed by atoms with Gasteiger partial charge in [-0.1, -0.05) is 30.3 Å². The molecule has 3 rings (SSSR count). The van der Waals surface area contributed by atoms with Crippen LogP contribution in [0.5, 0.6) is 5.75 Å². The maximum absolute atomic E-state index is 12.8. The molecule has 1 saturated heterocycles. The molecule has 1 N–H and O–H groups in total. The van der Waals surface area contributed by atoms with E-state index in [2.05, 4.69) is 17.4 Å². The van der Waals surface area contributed by atoms with Crippen LogP contribution < -0.4 is 10.1 Å². The van der Waals surface area contributed by atoms with Crippen molar-refractivity contribution in [3.8, 4) is 5.75 Å². The average molecular weight is 449 g/mol. The second kappa shape index (κ2) is 10.8. The van der Waals surface area contributed by atoms with Crippen molar-refractivity contribution >= 4 is 27.7 Å².